The van der Waals surface area contributed by atoms with Crippen molar-refractivity contribution in [2.45, 2.75) is 6.18 Å². The Hall–Kier alpha value is -2.11. The summed E-state index contributed by atoms with van der Waals surface area (Å²) in [5.74, 6) is -2.42. The smallest absolute Gasteiger partial charge is 0.417 e. The van der Waals surface area contributed by atoms with Crippen molar-refractivity contribution < 1.29 is 26.7 Å². The van der Waals surface area contributed by atoms with Crippen LogP contribution in [-0.2, 0) is 6.18 Å². The highest BCUT2D eigenvalue weighted by molar-refractivity contribution is 5.70. The summed E-state index contributed by atoms with van der Waals surface area (Å²) in [7, 11) is 1.27. The van der Waals surface area contributed by atoms with Gasteiger partial charge in [-0.2, -0.15) is 13.2 Å². The molecule has 0 fully saturated rings. The Morgan fingerprint density at radius 3 is 2.25 bits per heavy atom. The maximum absolute atomic E-state index is 13.7. The number of halogens is 5. The van der Waals surface area contributed by atoms with Crippen LogP contribution in [0.2, 0.25) is 0 Å². The van der Waals surface area contributed by atoms with E-state index in [1.807, 2.05) is 0 Å². The maximum atomic E-state index is 13.7. The molecule has 0 aliphatic carbocycles. The fourth-order valence-corrected chi connectivity index (χ4v) is 1.83. The summed E-state index contributed by atoms with van der Waals surface area (Å²) < 4.78 is 70.6. The SMILES string of the molecule is COc1ccc(C(F)(F)F)c(-c2cccc(F)c2F)c1. The van der Waals surface area contributed by atoms with E-state index < -0.39 is 34.5 Å². The van der Waals surface area contributed by atoms with Crippen molar-refractivity contribution in [3.8, 4) is 16.9 Å². The van der Waals surface area contributed by atoms with Crippen LogP contribution in [-0.4, -0.2) is 7.11 Å². The van der Waals surface area contributed by atoms with Gasteiger partial charge in [0.1, 0.15) is 5.75 Å². The van der Waals surface area contributed by atoms with Crippen molar-refractivity contribution in [1.29, 1.82) is 0 Å². The minimum Gasteiger partial charge on any atom is -0.497 e. The molecule has 0 saturated heterocycles. The lowest BCUT2D eigenvalue weighted by Crippen LogP contribution is -2.08. The van der Waals surface area contributed by atoms with Gasteiger partial charge in [0.25, 0.3) is 0 Å². The molecule has 20 heavy (non-hydrogen) atoms. The molecule has 2 aromatic rings. The third-order valence-electron chi connectivity index (χ3n) is 2.77. The van der Waals surface area contributed by atoms with Gasteiger partial charge in [-0.25, -0.2) is 8.78 Å². The highest BCUT2D eigenvalue weighted by Crippen LogP contribution is 2.39. The summed E-state index contributed by atoms with van der Waals surface area (Å²) >= 11 is 0. The molecule has 2 aromatic carbocycles. The Bertz CT molecular complexity index is 634. The first-order valence-corrected chi connectivity index (χ1v) is 5.54. The molecule has 0 atom stereocenters. The second-order valence-electron chi connectivity index (χ2n) is 4.01. The van der Waals surface area contributed by atoms with Crippen LogP contribution in [0.15, 0.2) is 36.4 Å². The van der Waals surface area contributed by atoms with Crippen molar-refractivity contribution in [2.24, 2.45) is 0 Å². The fourth-order valence-electron chi connectivity index (χ4n) is 1.83. The summed E-state index contributed by atoms with van der Waals surface area (Å²) in [5, 5.41) is 0. The first-order chi connectivity index (χ1) is 9.34. The Balaban J connectivity index is 2.73. The van der Waals surface area contributed by atoms with Crippen LogP contribution in [0.5, 0.6) is 5.75 Å². The highest BCUT2D eigenvalue weighted by Gasteiger charge is 2.34. The maximum Gasteiger partial charge on any atom is 0.417 e. The Labute approximate surface area is 111 Å². The number of alkyl halides is 3. The van der Waals surface area contributed by atoms with E-state index in [-0.39, 0.29) is 5.75 Å². The third kappa shape index (κ3) is 2.59. The summed E-state index contributed by atoms with van der Waals surface area (Å²) in [5.41, 5.74) is -1.98. The van der Waals surface area contributed by atoms with Crippen LogP contribution in [0.4, 0.5) is 22.0 Å². The average Bonchev–Trinajstić information content (AvgIpc) is 2.40. The zero-order valence-corrected chi connectivity index (χ0v) is 10.3. The molecule has 0 radical (unpaired) electrons. The summed E-state index contributed by atoms with van der Waals surface area (Å²) in [6, 6.07) is 5.99. The van der Waals surface area contributed by atoms with Crippen molar-refractivity contribution in [3.63, 3.8) is 0 Å². The molecule has 0 unspecified atom stereocenters. The van der Waals surface area contributed by atoms with Crippen molar-refractivity contribution in [1.82, 2.24) is 0 Å². The van der Waals surface area contributed by atoms with Gasteiger partial charge < -0.3 is 4.74 Å². The molecule has 0 aromatic heterocycles. The number of ether oxygens (including phenoxy) is 1. The predicted molar refractivity (Wildman–Crippen MR) is 63.3 cm³/mol. The van der Waals surface area contributed by atoms with E-state index in [0.29, 0.717) is 0 Å². The zero-order chi connectivity index (χ0) is 14.9. The van der Waals surface area contributed by atoms with Crippen LogP contribution in [0.25, 0.3) is 11.1 Å². The van der Waals surface area contributed by atoms with E-state index in [1.165, 1.54) is 7.11 Å². The molecule has 0 heterocycles. The van der Waals surface area contributed by atoms with Crippen molar-refractivity contribution in [2.75, 3.05) is 7.11 Å². The second-order valence-corrected chi connectivity index (χ2v) is 4.01. The van der Waals surface area contributed by atoms with E-state index in [9.17, 15) is 22.0 Å². The lowest BCUT2D eigenvalue weighted by atomic mass is 9.98. The molecule has 2 rings (SSSR count). The van der Waals surface area contributed by atoms with Gasteiger partial charge in [-0.3, -0.25) is 0 Å². The largest absolute Gasteiger partial charge is 0.497 e. The monoisotopic (exact) mass is 288 g/mol. The van der Waals surface area contributed by atoms with Gasteiger partial charge in [-0.05, 0) is 24.3 Å². The lowest BCUT2D eigenvalue weighted by molar-refractivity contribution is -0.137. The number of benzene rings is 2. The molecule has 0 N–H and O–H groups in total. The third-order valence-corrected chi connectivity index (χ3v) is 2.77. The summed E-state index contributed by atoms with van der Waals surface area (Å²) in [4.78, 5) is 0. The van der Waals surface area contributed by atoms with Crippen LogP contribution >= 0.6 is 0 Å². The number of hydrogen-bond acceptors (Lipinski definition) is 1. The molecular formula is C14H9F5O. The predicted octanol–water partition coefficient (Wildman–Crippen LogP) is 4.66. The highest BCUT2D eigenvalue weighted by atomic mass is 19.4. The van der Waals surface area contributed by atoms with Gasteiger partial charge in [0, 0.05) is 11.1 Å². The van der Waals surface area contributed by atoms with Gasteiger partial charge in [0.2, 0.25) is 0 Å². The molecule has 0 saturated carbocycles. The Morgan fingerprint density at radius 1 is 0.950 bits per heavy atom. The van der Waals surface area contributed by atoms with Crippen LogP contribution < -0.4 is 4.74 Å². The molecule has 0 aliphatic rings. The van der Waals surface area contributed by atoms with Crippen molar-refractivity contribution in [3.05, 3.63) is 53.6 Å². The minimum absolute atomic E-state index is 0.122. The minimum atomic E-state index is -4.68. The van der Waals surface area contributed by atoms with E-state index in [2.05, 4.69) is 0 Å². The zero-order valence-electron chi connectivity index (χ0n) is 10.3. The normalized spacial score (nSPS) is 11.5. The molecule has 0 aliphatic heterocycles. The second kappa shape index (κ2) is 5.11. The molecular weight excluding hydrogens is 279 g/mol. The van der Waals surface area contributed by atoms with Gasteiger partial charge in [0.05, 0.1) is 12.7 Å². The van der Waals surface area contributed by atoms with E-state index in [4.69, 9.17) is 4.74 Å². The van der Waals surface area contributed by atoms with E-state index >= 15 is 0 Å². The fraction of sp³-hybridized carbons (Fsp3) is 0.143. The molecule has 106 valence electrons. The van der Waals surface area contributed by atoms with Gasteiger partial charge >= 0.3 is 6.18 Å². The first kappa shape index (κ1) is 14.3. The molecule has 6 heteroatoms. The van der Waals surface area contributed by atoms with Crippen LogP contribution in [0.1, 0.15) is 5.56 Å². The van der Waals surface area contributed by atoms with Gasteiger partial charge in [-0.15, -0.1) is 0 Å². The summed E-state index contributed by atoms with van der Waals surface area (Å²) in [6.45, 7) is 0. The molecule has 0 amide bonds. The Morgan fingerprint density at radius 2 is 1.65 bits per heavy atom. The van der Waals surface area contributed by atoms with Crippen molar-refractivity contribution >= 4 is 0 Å². The summed E-state index contributed by atoms with van der Waals surface area (Å²) in [6.07, 6.45) is -4.68. The molecule has 0 spiro atoms. The van der Waals surface area contributed by atoms with Crippen LogP contribution in [0, 0.1) is 11.6 Å². The number of hydrogen-bond donors (Lipinski definition) is 0. The Kier molecular flexibility index (Phi) is 3.65. The first-order valence-electron chi connectivity index (χ1n) is 5.54. The quantitative estimate of drug-likeness (QED) is 0.730. The number of rotatable bonds is 2. The number of methoxy groups -OCH3 is 1. The van der Waals surface area contributed by atoms with Gasteiger partial charge in [0.15, 0.2) is 11.6 Å². The van der Waals surface area contributed by atoms with E-state index in [0.717, 1.165) is 36.4 Å². The van der Waals surface area contributed by atoms with Crippen LogP contribution in [0.3, 0.4) is 0 Å². The van der Waals surface area contributed by atoms with E-state index in [1.54, 1.807) is 0 Å². The lowest BCUT2D eigenvalue weighted by Gasteiger charge is -2.15. The molecule has 0 bridgehead atoms. The topological polar surface area (TPSA) is 9.23 Å². The molecule has 1 nitrogen and oxygen atoms in total. The average molecular weight is 288 g/mol. The standard InChI is InChI=1S/C14H9F5O/c1-20-8-5-6-11(14(17,18)19)10(7-8)9-3-2-4-12(15)13(9)16/h2-7H,1H3. The van der Waals surface area contributed by atoms with Gasteiger partial charge in [-0.1, -0.05) is 12.1 Å².